The van der Waals surface area contributed by atoms with Crippen LogP contribution in [0.15, 0.2) is 45.8 Å². The molecule has 0 atom stereocenters. The van der Waals surface area contributed by atoms with Gasteiger partial charge in [0.2, 0.25) is 0 Å². The van der Waals surface area contributed by atoms with Gasteiger partial charge in [-0.15, -0.1) is 0 Å². The summed E-state index contributed by atoms with van der Waals surface area (Å²) >= 11 is 0. The van der Waals surface area contributed by atoms with Crippen LogP contribution < -0.4 is 4.90 Å². The Hall–Kier alpha value is -2.03. The molecule has 0 N–H and O–H groups in total. The highest BCUT2D eigenvalue weighted by Crippen LogP contribution is 2.25. The lowest BCUT2D eigenvalue weighted by molar-refractivity contribution is 0.550. The Morgan fingerprint density at radius 3 is 2.32 bits per heavy atom. The molecule has 0 unspecified atom stereocenters. The number of aliphatic imine (C=N–C) groups is 1. The van der Waals surface area contributed by atoms with Crippen molar-refractivity contribution in [3.63, 3.8) is 0 Å². The van der Waals surface area contributed by atoms with Crippen LogP contribution in [0.25, 0.3) is 0 Å². The minimum absolute atomic E-state index is 0.174. The van der Waals surface area contributed by atoms with Crippen LogP contribution in [0.2, 0.25) is 0 Å². The number of furan rings is 1. The topological polar surface area (TPSA) is 28.7 Å². The van der Waals surface area contributed by atoms with Gasteiger partial charge in [0.05, 0.1) is 11.9 Å². The quantitative estimate of drug-likeness (QED) is 0.751. The van der Waals surface area contributed by atoms with Gasteiger partial charge in [-0.1, -0.05) is 32.9 Å². The first kappa shape index (κ1) is 14.9. The third-order valence-electron chi connectivity index (χ3n) is 4.10. The molecule has 0 radical (unpaired) electrons. The van der Waals surface area contributed by atoms with E-state index < -0.39 is 0 Å². The molecule has 1 aromatic heterocycles. The Balaban J connectivity index is 1.68. The average molecular weight is 296 g/mol. The molecule has 1 aliphatic rings. The van der Waals surface area contributed by atoms with Gasteiger partial charge in [0.1, 0.15) is 5.76 Å². The maximum atomic E-state index is 5.84. The summed E-state index contributed by atoms with van der Waals surface area (Å²) < 4.78 is 5.84. The fourth-order valence-electron chi connectivity index (χ4n) is 2.70. The Bertz CT molecular complexity index is 641. The molecule has 0 saturated carbocycles. The SMILES string of the molecule is CC(C)(C)c1ccc(N=Cc2ccc(N3CCCC3)o2)cc1. The zero-order chi connectivity index (χ0) is 15.6. The lowest BCUT2D eigenvalue weighted by Crippen LogP contribution is -2.16. The maximum absolute atomic E-state index is 5.84. The number of benzene rings is 1. The van der Waals surface area contributed by atoms with Crippen molar-refractivity contribution >= 4 is 17.8 Å². The zero-order valence-corrected chi connectivity index (χ0v) is 13.7. The summed E-state index contributed by atoms with van der Waals surface area (Å²) in [4.78, 5) is 6.79. The summed E-state index contributed by atoms with van der Waals surface area (Å²) in [5, 5.41) is 0. The molecule has 1 saturated heterocycles. The first-order valence-electron chi connectivity index (χ1n) is 8.02. The summed E-state index contributed by atoms with van der Waals surface area (Å²) in [5.41, 5.74) is 2.45. The van der Waals surface area contributed by atoms with E-state index in [9.17, 15) is 0 Å². The standard InChI is InChI=1S/C19H24N2O/c1-19(2,3)15-6-8-16(9-7-15)20-14-17-10-11-18(22-17)21-12-4-5-13-21/h6-11,14H,4-5,12-13H2,1-3H3. The number of anilines is 1. The van der Waals surface area contributed by atoms with Crippen LogP contribution in [0.5, 0.6) is 0 Å². The van der Waals surface area contributed by atoms with Crippen LogP contribution in [0.3, 0.4) is 0 Å². The first-order valence-corrected chi connectivity index (χ1v) is 8.02. The number of rotatable bonds is 3. The largest absolute Gasteiger partial charge is 0.440 e. The van der Waals surface area contributed by atoms with E-state index in [4.69, 9.17) is 4.42 Å². The summed E-state index contributed by atoms with van der Waals surface area (Å²) in [5.74, 6) is 1.77. The predicted octanol–water partition coefficient (Wildman–Crippen LogP) is 4.93. The van der Waals surface area contributed by atoms with Crippen LogP contribution in [-0.2, 0) is 5.41 Å². The van der Waals surface area contributed by atoms with Crippen LogP contribution in [0, 0.1) is 0 Å². The van der Waals surface area contributed by atoms with Gasteiger partial charge >= 0.3 is 0 Å². The second-order valence-corrected chi connectivity index (χ2v) is 6.93. The van der Waals surface area contributed by atoms with E-state index in [1.54, 1.807) is 6.21 Å². The molecular formula is C19H24N2O. The van der Waals surface area contributed by atoms with E-state index in [0.29, 0.717) is 0 Å². The highest BCUT2D eigenvalue weighted by Gasteiger charge is 2.15. The van der Waals surface area contributed by atoms with Crippen LogP contribution in [-0.4, -0.2) is 19.3 Å². The van der Waals surface area contributed by atoms with Gasteiger partial charge in [-0.05, 0) is 42.0 Å². The van der Waals surface area contributed by atoms with E-state index in [-0.39, 0.29) is 5.41 Å². The van der Waals surface area contributed by atoms with Crippen molar-refractivity contribution in [2.45, 2.75) is 39.0 Å². The molecule has 3 heteroatoms. The van der Waals surface area contributed by atoms with Gasteiger partial charge in [0.15, 0.2) is 5.88 Å². The van der Waals surface area contributed by atoms with Crippen LogP contribution in [0.4, 0.5) is 11.6 Å². The Labute approximate surface area is 132 Å². The van der Waals surface area contributed by atoms with Gasteiger partial charge in [-0.2, -0.15) is 0 Å². The lowest BCUT2D eigenvalue weighted by atomic mass is 9.87. The third kappa shape index (κ3) is 3.41. The minimum atomic E-state index is 0.174. The van der Waals surface area contributed by atoms with Crippen molar-refractivity contribution in [3.8, 4) is 0 Å². The van der Waals surface area contributed by atoms with E-state index in [1.807, 2.05) is 12.1 Å². The molecule has 0 spiro atoms. The number of hydrogen-bond donors (Lipinski definition) is 0. The fraction of sp³-hybridized carbons (Fsp3) is 0.421. The highest BCUT2D eigenvalue weighted by molar-refractivity contribution is 5.79. The second kappa shape index (κ2) is 5.99. The van der Waals surface area contributed by atoms with Crippen molar-refractivity contribution in [3.05, 3.63) is 47.7 Å². The third-order valence-corrected chi connectivity index (χ3v) is 4.10. The lowest BCUT2D eigenvalue weighted by Gasteiger charge is -2.18. The van der Waals surface area contributed by atoms with Gasteiger partial charge in [-0.3, -0.25) is 4.99 Å². The van der Waals surface area contributed by atoms with Crippen molar-refractivity contribution in [1.29, 1.82) is 0 Å². The number of nitrogens with zero attached hydrogens (tertiary/aromatic N) is 2. The van der Waals surface area contributed by atoms with Crippen molar-refractivity contribution < 1.29 is 4.42 Å². The van der Waals surface area contributed by atoms with Crippen molar-refractivity contribution in [1.82, 2.24) is 0 Å². The maximum Gasteiger partial charge on any atom is 0.196 e. The molecule has 0 aliphatic carbocycles. The molecule has 1 fully saturated rings. The summed E-state index contributed by atoms with van der Waals surface area (Å²) in [6, 6.07) is 12.4. The molecule has 1 aromatic carbocycles. The van der Waals surface area contributed by atoms with Gasteiger partial charge < -0.3 is 9.32 Å². The molecule has 22 heavy (non-hydrogen) atoms. The van der Waals surface area contributed by atoms with Crippen LogP contribution in [0.1, 0.15) is 44.9 Å². The molecule has 3 rings (SSSR count). The number of hydrogen-bond acceptors (Lipinski definition) is 3. The first-order chi connectivity index (χ1) is 10.5. The summed E-state index contributed by atoms with van der Waals surface area (Å²) in [7, 11) is 0. The van der Waals surface area contributed by atoms with E-state index in [2.05, 4.69) is 54.9 Å². The van der Waals surface area contributed by atoms with Gasteiger partial charge in [-0.25, -0.2) is 0 Å². The minimum Gasteiger partial charge on any atom is -0.440 e. The Kier molecular flexibility index (Phi) is 4.06. The molecule has 116 valence electrons. The monoisotopic (exact) mass is 296 g/mol. The molecular weight excluding hydrogens is 272 g/mol. The Morgan fingerprint density at radius 1 is 1.00 bits per heavy atom. The highest BCUT2D eigenvalue weighted by atomic mass is 16.4. The summed E-state index contributed by atoms with van der Waals surface area (Å²) in [6.07, 6.45) is 4.31. The average Bonchev–Trinajstić information content (AvgIpc) is 3.15. The Morgan fingerprint density at radius 2 is 1.68 bits per heavy atom. The molecule has 0 amide bonds. The van der Waals surface area contributed by atoms with Crippen molar-refractivity contribution in [2.24, 2.45) is 4.99 Å². The zero-order valence-electron chi connectivity index (χ0n) is 13.7. The summed E-state index contributed by atoms with van der Waals surface area (Å²) in [6.45, 7) is 8.84. The van der Waals surface area contributed by atoms with E-state index in [1.165, 1.54) is 18.4 Å². The smallest absolute Gasteiger partial charge is 0.196 e. The van der Waals surface area contributed by atoms with Gasteiger partial charge in [0, 0.05) is 19.2 Å². The normalized spacial score (nSPS) is 15.9. The van der Waals surface area contributed by atoms with E-state index >= 15 is 0 Å². The molecule has 3 nitrogen and oxygen atoms in total. The van der Waals surface area contributed by atoms with Crippen LogP contribution >= 0.6 is 0 Å². The predicted molar refractivity (Wildman–Crippen MR) is 92.6 cm³/mol. The molecule has 2 aromatic rings. The molecule has 1 aliphatic heterocycles. The molecule has 2 heterocycles. The fourth-order valence-corrected chi connectivity index (χ4v) is 2.70. The molecule has 0 bridgehead atoms. The second-order valence-electron chi connectivity index (χ2n) is 6.93. The van der Waals surface area contributed by atoms with Gasteiger partial charge in [0.25, 0.3) is 0 Å². The van der Waals surface area contributed by atoms with Crippen molar-refractivity contribution in [2.75, 3.05) is 18.0 Å². The van der Waals surface area contributed by atoms with E-state index in [0.717, 1.165) is 30.4 Å².